The molecule has 0 radical (unpaired) electrons. The fraction of sp³-hybridized carbons (Fsp3) is 0.345. The summed E-state index contributed by atoms with van der Waals surface area (Å²) in [5.41, 5.74) is 3.80. The van der Waals surface area contributed by atoms with Crippen LogP contribution in [0.3, 0.4) is 0 Å². The largest absolute Gasteiger partial charge is 0.497 e. The van der Waals surface area contributed by atoms with Crippen LogP contribution in [0.2, 0.25) is 0 Å². The molecular formula is C29H32O7. The van der Waals surface area contributed by atoms with E-state index in [9.17, 15) is 15.0 Å². The number of ether oxygens (including phenoxy) is 4. The molecule has 0 saturated heterocycles. The number of fused-ring (bicyclic) bond motifs is 1. The summed E-state index contributed by atoms with van der Waals surface area (Å²) in [5, 5.41) is 20.8. The average molecular weight is 493 g/mol. The monoisotopic (exact) mass is 492 g/mol. The highest BCUT2D eigenvalue weighted by Crippen LogP contribution is 2.56. The first-order chi connectivity index (χ1) is 17.2. The van der Waals surface area contributed by atoms with Crippen molar-refractivity contribution in [3.05, 3.63) is 76.4 Å². The molecule has 190 valence electrons. The Morgan fingerprint density at radius 1 is 0.944 bits per heavy atom. The zero-order valence-electron chi connectivity index (χ0n) is 21.4. The molecule has 0 bridgehead atoms. The van der Waals surface area contributed by atoms with E-state index in [1.54, 1.807) is 40.6 Å². The van der Waals surface area contributed by atoms with E-state index < -0.39 is 12.1 Å². The quantitative estimate of drug-likeness (QED) is 0.593. The van der Waals surface area contributed by atoms with Crippen LogP contribution in [-0.2, 0) is 10.2 Å². The standard InChI is InChI=1S/C29H32O7/c1-29(2)21(16-10-11-23(34-4)24(12-16)35-5)15-20(18-8-7-9-19(27(18)30)28(31)32)26-22(29)13-17(33-3)14-25(26)36-6/h7-14,21,27,30H,15H2,1-6H3,(H,31,32). The van der Waals surface area contributed by atoms with Crippen LogP contribution in [0.4, 0.5) is 0 Å². The molecule has 0 saturated carbocycles. The summed E-state index contributed by atoms with van der Waals surface area (Å²) in [5.74, 6) is 1.34. The van der Waals surface area contributed by atoms with E-state index in [0.29, 0.717) is 35.0 Å². The van der Waals surface area contributed by atoms with Gasteiger partial charge in [-0.05, 0) is 64.3 Å². The molecule has 2 aromatic carbocycles. The maximum atomic E-state index is 11.8. The molecule has 0 heterocycles. The van der Waals surface area contributed by atoms with Gasteiger partial charge in [-0.2, -0.15) is 0 Å². The highest BCUT2D eigenvalue weighted by Gasteiger charge is 2.43. The second-order valence-corrected chi connectivity index (χ2v) is 9.47. The summed E-state index contributed by atoms with van der Waals surface area (Å²) < 4.78 is 22.4. The predicted octanol–water partition coefficient (Wildman–Crippen LogP) is 4.88. The first-order valence-electron chi connectivity index (χ1n) is 11.7. The molecule has 36 heavy (non-hydrogen) atoms. The van der Waals surface area contributed by atoms with Crippen molar-refractivity contribution in [2.75, 3.05) is 28.4 Å². The molecule has 0 amide bonds. The summed E-state index contributed by atoms with van der Waals surface area (Å²) in [6.07, 6.45) is 4.15. The molecule has 0 aliphatic heterocycles. The Bertz CT molecular complexity index is 1280. The van der Waals surface area contributed by atoms with Crippen LogP contribution in [-0.4, -0.2) is 50.7 Å². The number of aliphatic hydroxyl groups is 1. The number of aliphatic hydroxyl groups excluding tert-OH is 1. The Morgan fingerprint density at radius 3 is 2.25 bits per heavy atom. The van der Waals surface area contributed by atoms with Crippen molar-refractivity contribution in [2.24, 2.45) is 0 Å². The highest BCUT2D eigenvalue weighted by molar-refractivity contribution is 5.92. The topological polar surface area (TPSA) is 94.5 Å². The number of hydrogen-bond donors (Lipinski definition) is 2. The Balaban J connectivity index is 2.01. The summed E-state index contributed by atoms with van der Waals surface area (Å²) in [7, 11) is 6.42. The van der Waals surface area contributed by atoms with Gasteiger partial charge in [-0.15, -0.1) is 0 Å². The highest BCUT2D eigenvalue weighted by atomic mass is 16.5. The first kappa shape index (κ1) is 25.4. The molecule has 2 atom stereocenters. The van der Waals surface area contributed by atoms with Crippen LogP contribution in [0.25, 0.3) is 5.57 Å². The molecule has 7 nitrogen and oxygen atoms in total. The van der Waals surface area contributed by atoms with Gasteiger partial charge < -0.3 is 29.2 Å². The molecule has 2 unspecified atom stereocenters. The first-order valence-corrected chi connectivity index (χ1v) is 11.7. The van der Waals surface area contributed by atoms with Crippen molar-refractivity contribution in [2.45, 2.75) is 37.7 Å². The van der Waals surface area contributed by atoms with Crippen molar-refractivity contribution in [1.82, 2.24) is 0 Å². The Labute approximate surface area is 211 Å². The average Bonchev–Trinajstić information content (AvgIpc) is 2.88. The van der Waals surface area contributed by atoms with E-state index in [1.165, 1.54) is 6.08 Å². The summed E-state index contributed by atoms with van der Waals surface area (Å²) in [6, 6.07) is 9.70. The zero-order chi connectivity index (χ0) is 26.2. The van der Waals surface area contributed by atoms with Gasteiger partial charge in [0.2, 0.25) is 0 Å². The van der Waals surface area contributed by atoms with Crippen LogP contribution in [0.5, 0.6) is 23.0 Å². The lowest BCUT2D eigenvalue weighted by Gasteiger charge is -2.43. The molecule has 0 spiro atoms. The van der Waals surface area contributed by atoms with Gasteiger partial charge in [0.25, 0.3) is 0 Å². The van der Waals surface area contributed by atoms with E-state index >= 15 is 0 Å². The predicted molar refractivity (Wildman–Crippen MR) is 137 cm³/mol. The van der Waals surface area contributed by atoms with Gasteiger partial charge in [-0.3, -0.25) is 0 Å². The number of rotatable bonds is 6. The Kier molecular flexibility index (Phi) is 6.87. The number of aliphatic carboxylic acids is 1. The number of methoxy groups -OCH3 is 4. The minimum atomic E-state index is -1.27. The molecule has 0 aromatic heterocycles. The van der Waals surface area contributed by atoms with E-state index in [0.717, 1.165) is 22.3 Å². The van der Waals surface area contributed by atoms with Gasteiger partial charge in [-0.1, -0.05) is 32.1 Å². The van der Waals surface area contributed by atoms with Crippen LogP contribution >= 0.6 is 0 Å². The lowest BCUT2D eigenvalue weighted by Crippen LogP contribution is -2.34. The van der Waals surface area contributed by atoms with Crippen LogP contribution in [0, 0.1) is 0 Å². The second-order valence-electron chi connectivity index (χ2n) is 9.47. The third kappa shape index (κ3) is 4.13. The molecule has 2 N–H and O–H groups in total. The number of carboxylic acid groups (broad SMARTS) is 1. The smallest absolute Gasteiger partial charge is 0.334 e. The third-order valence-electron chi connectivity index (χ3n) is 7.35. The van der Waals surface area contributed by atoms with Crippen molar-refractivity contribution in [3.63, 3.8) is 0 Å². The van der Waals surface area contributed by atoms with E-state index in [4.69, 9.17) is 18.9 Å². The van der Waals surface area contributed by atoms with Crippen molar-refractivity contribution in [3.8, 4) is 23.0 Å². The van der Waals surface area contributed by atoms with Crippen molar-refractivity contribution < 1.29 is 34.0 Å². The molecule has 0 fully saturated rings. The minimum absolute atomic E-state index is 0.0381. The zero-order valence-corrected chi connectivity index (χ0v) is 21.4. The second kappa shape index (κ2) is 9.74. The van der Waals surface area contributed by atoms with Crippen LogP contribution in [0.1, 0.15) is 42.9 Å². The summed E-state index contributed by atoms with van der Waals surface area (Å²) in [6.45, 7) is 4.34. The van der Waals surface area contributed by atoms with E-state index in [1.807, 2.05) is 30.3 Å². The molecule has 2 aliphatic carbocycles. The van der Waals surface area contributed by atoms with Gasteiger partial charge in [0, 0.05) is 11.6 Å². The molecular weight excluding hydrogens is 460 g/mol. The number of benzene rings is 2. The van der Waals surface area contributed by atoms with Gasteiger partial charge in [-0.25, -0.2) is 4.79 Å². The SMILES string of the molecule is COc1cc(OC)c2c(c1)C(C)(C)C(c1ccc(OC)c(OC)c1)CC2=C1C=CC=C(C(=O)O)C1O. The normalized spacial score (nSPS) is 22.4. The number of allylic oxidation sites excluding steroid dienone is 3. The fourth-order valence-electron chi connectivity index (χ4n) is 5.36. The van der Waals surface area contributed by atoms with E-state index in [-0.39, 0.29) is 16.9 Å². The summed E-state index contributed by atoms with van der Waals surface area (Å²) >= 11 is 0. The molecule has 7 heteroatoms. The summed E-state index contributed by atoms with van der Waals surface area (Å²) in [4.78, 5) is 11.8. The van der Waals surface area contributed by atoms with Crippen molar-refractivity contribution in [1.29, 1.82) is 0 Å². The molecule has 2 aliphatic rings. The Hall–Kier alpha value is -3.71. The number of carbonyl (C=O) groups is 1. The molecule has 2 aromatic rings. The van der Waals surface area contributed by atoms with Crippen LogP contribution < -0.4 is 18.9 Å². The lowest BCUT2D eigenvalue weighted by atomic mass is 9.60. The lowest BCUT2D eigenvalue weighted by molar-refractivity contribution is -0.133. The maximum absolute atomic E-state index is 11.8. The van der Waals surface area contributed by atoms with Gasteiger partial charge >= 0.3 is 5.97 Å². The van der Waals surface area contributed by atoms with Gasteiger partial charge in [0.15, 0.2) is 11.5 Å². The van der Waals surface area contributed by atoms with Gasteiger partial charge in [0.1, 0.15) is 17.6 Å². The van der Waals surface area contributed by atoms with E-state index in [2.05, 4.69) is 13.8 Å². The third-order valence-corrected chi connectivity index (χ3v) is 7.35. The maximum Gasteiger partial charge on any atom is 0.334 e. The van der Waals surface area contributed by atoms with Crippen LogP contribution in [0.15, 0.2) is 59.7 Å². The van der Waals surface area contributed by atoms with Gasteiger partial charge in [0.05, 0.1) is 34.0 Å². The minimum Gasteiger partial charge on any atom is -0.497 e. The number of hydrogen-bond acceptors (Lipinski definition) is 6. The number of carboxylic acids is 1. The Morgan fingerprint density at radius 2 is 1.64 bits per heavy atom. The fourth-order valence-corrected chi connectivity index (χ4v) is 5.36. The van der Waals surface area contributed by atoms with Crippen molar-refractivity contribution >= 4 is 11.5 Å². The molecule has 4 rings (SSSR count).